The molecule has 1 unspecified atom stereocenters. The Morgan fingerprint density at radius 1 is 1.80 bits per heavy atom. The van der Waals surface area contributed by atoms with Crippen LogP contribution in [-0.4, -0.2) is 16.1 Å². The molecule has 0 aromatic carbocycles. The van der Waals surface area contributed by atoms with E-state index >= 15 is 0 Å². The molecule has 4 heteroatoms. The zero-order valence-corrected chi connectivity index (χ0v) is 8.05. The predicted molar refractivity (Wildman–Crippen MR) is 54.0 cm³/mol. The minimum atomic E-state index is -1.57. The van der Waals surface area contributed by atoms with Gasteiger partial charge in [0.05, 0.1) is 6.07 Å². The van der Waals surface area contributed by atoms with E-state index in [-0.39, 0.29) is 6.42 Å². The molecule has 1 aromatic heterocycles. The van der Waals surface area contributed by atoms with Gasteiger partial charge in [-0.25, -0.2) is 0 Å². The van der Waals surface area contributed by atoms with E-state index in [1.165, 1.54) is 18.5 Å². The highest BCUT2D eigenvalue weighted by Gasteiger charge is 2.39. The molecule has 0 spiro atoms. The Hall–Kier alpha value is -2.15. The number of carboxylic acid groups (broad SMARTS) is 1. The lowest BCUT2D eigenvalue weighted by Crippen LogP contribution is -2.33. The van der Waals surface area contributed by atoms with E-state index in [1.54, 1.807) is 12.1 Å². The number of aliphatic carboxylic acids is 1. The van der Waals surface area contributed by atoms with Crippen molar-refractivity contribution in [3.63, 3.8) is 0 Å². The molecule has 0 radical (unpaired) electrons. The molecule has 1 rings (SSSR count). The van der Waals surface area contributed by atoms with E-state index in [2.05, 4.69) is 11.6 Å². The summed E-state index contributed by atoms with van der Waals surface area (Å²) in [6.07, 6.45) is 4.40. The second-order valence-corrected chi connectivity index (χ2v) is 3.06. The zero-order valence-electron chi connectivity index (χ0n) is 8.05. The Morgan fingerprint density at radius 2 is 2.53 bits per heavy atom. The first-order chi connectivity index (χ1) is 7.17. The lowest BCUT2D eigenvalue weighted by Gasteiger charge is -2.19. The number of allylic oxidation sites excluding steroid dienone is 1. The summed E-state index contributed by atoms with van der Waals surface area (Å²) in [6, 6.07) is 5.00. The van der Waals surface area contributed by atoms with Gasteiger partial charge in [0.2, 0.25) is 0 Å². The van der Waals surface area contributed by atoms with Crippen LogP contribution >= 0.6 is 0 Å². The van der Waals surface area contributed by atoms with Gasteiger partial charge in [-0.2, -0.15) is 5.26 Å². The van der Waals surface area contributed by atoms with Crippen LogP contribution in [0.4, 0.5) is 0 Å². The number of pyridine rings is 1. The van der Waals surface area contributed by atoms with E-state index in [0.717, 1.165) is 0 Å². The summed E-state index contributed by atoms with van der Waals surface area (Å²) in [6.45, 7) is 3.47. The van der Waals surface area contributed by atoms with Crippen LogP contribution in [-0.2, 0) is 10.2 Å². The maximum Gasteiger partial charge on any atom is 0.329 e. The normalized spacial score (nSPS) is 13.5. The molecule has 1 atom stereocenters. The average molecular weight is 202 g/mol. The van der Waals surface area contributed by atoms with E-state index in [9.17, 15) is 4.79 Å². The highest BCUT2D eigenvalue weighted by Crippen LogP contribution is 2.27. The van der Waals surface area contributed by atoms with Crippen molar-refractivity contribution in [3.05, 3.63) is 42.7 Å². The van der Waals surface area contributed by atoms with Crippen LogP contribution in [0.1, 0.15) is 12.0 Å². The molecule has 4 nitrogen and oxygen atoms in total. The fraction of sp³-hybridized carbons (Fsp3) is 0.182. The van der Waals surface area contributed by atoms with Gasteiger partial charge in [-0.05, 0) is 12.5 Å². The summed E-state index contributed by atoms with van der Waals surface area (Å²) in [5, 5.41) is 18.1. The van der Waals surface area contributed by atoms with Crippen molar-refractivity contribution in [2.75, 3.05) is 0 Å². The number of nitrogens with zero attached hydrogens (tertiary/aromatic N) is 2. The Kier molecular flexibility index (Phi) is 3.19. The summed E-state index contributed by atoms with van der Waals surface area (Å²) in [5.74, 6) is -1.18. The van der Waals surface area contributed by atoms with E-state index in [1.807, 2.05) is 6.07 Å². The van der Waals surface area contributed by atoms with Gasteiger partial charge in [0.25, 0.3) is 0 Å². The summed E-state index contributed by atoms with van der Waals surface area (Å²) in [4.78, 5) is 15.0. The number of hydrogen-bond acceptors (Lipinski definition) is 3. The maximum atomic E-state index is 11.1. The SMILES string of the molecule is C=CCC(C#N)(C(=O)O)c1cccnc1. The van der Waals surface area contributed by atoms with Gasteiger partial charge in [-0.3, -0.25) is 9.78 Å². The Balaban J connectivity index is 3.29. The van der Waals surface area contributed by atoms with Crippen molar-refractivity contribution >= 4 is 5.97 Å². The first-order valence-electron chi connectivity index (χ1n) is 4.33. The molecular formula is C11H10N2O2. The minimum absolute atomic E-state index is 0.0600. The van der Waals surface area contributed by atoms with Gasteiger partial charge >= 0.3 is 5.97 Å². The van der Waals surface area contributed by atoms with Crippen molar-refractivity contribution < 1.29 is 9.90 Å². The molecule has 0 bridgehead atoms. The molecule has 1 heterocycles. The third-order valence-corrected chi connectivity index (χ3v) is 2.16. The number of aromatic nitrogens is 1. The highest BCUT2D eigenvalue weighted by molar-refractivity contribution is 5.85. The first-order valence-corrected chi connectivity index (χ1v) is 4.33. The van der Waals surface area contributed by atoms with E-state index in [4.69, 9.17) is 10.4 Å². The maximum absolute atomic E-state index is 11.1. The second kappa shape index (κ2) is 4.38. The summed E-state index contributed by atoms with van der Waals surface area (Å²) in [5.41, 5.74) is -1.20. The molecule has 0 aliphatic carbocycles. The van der Waals surface area contributed by atoms with Crippen LogP contribution in [0.15, 0.2) is 37.2 Å². The third-order valence-electron chi connectivity index (χ3n) is 2.16. The van der Waals surface area contributed by atoms with Crippen molar-refractivity contribution in [2.45, 2.75) is 11.8 Å². The van der Waals surface area contributed by atoms with Crippen molar-refractivity contribution in [1.29, 1.82) is 5.26 Å². The van der Waals surface area contributed by atoms with Crippen molar-refractivity contribution in [3.8, 4) is 6.07 Å². The molecule has 76 valence electrons. The van der Waals surface area contributed by atoms with Crippen LogP contribution in [0, 0.1) is 11.3 Å². The summed E-state index contributed by atoms with van der Waals surface area (Å²) in [7, 11) is 0. The van der Waals surface area contributed by atoms with Gasteiger partial charge < -0.3 is 5.11 Å². The molecule has 1 aromatic rings. The largest absolute Gasteiger partial charge is 0.480 e. The van der Waals surface area contributed by atoms with Gasteiger partial charge in [-0.15, -0.1) is 6.58 Å². The van der Waals surface area contributed by atoms with Gasteiger partial charge in [0, 0.05) is 18.0 Å². The van der Waals surface area contributed by atoms with Crippen molar-refractivity contribution in [1.82, 2.24) is 4.98 Å². The fourth-order valence-electron chi connectivity index (χ4n) is 1.32. The molecule has 0 fully saturated rings. The minimum Gasteiger partial charge on any atom is -0.480 e. The fourth-order valence-corrected chi connectivity index (χ4v) is 1.32. The molecule has 15 heavy (non-hydrogen) atoms. The summed E-state index contributed by atoms with van der Waals surface area (Å²) >= 11 is 0. The van der Waals surface area contributed by atoms with Crippen LogP contribution in [0.5, 0.6) is 0 Å². The van der Waals surface area contributed by atoms with Crippen LogP contribution in [0.25, 0.3) is 0 Å². The highest BCUT2D eigenvalue weighted by atomic mass is 16.4. The first kappa shape index (κ1) is 10.9. The van der Waals surface area contributed by atoms with E-state index in [0.29, 0.717) is 5.56 Å². The number of carbonyl (C=O) groups is 1. The van der Waals surface area contributed by atoms with Gasteiger partial charge in [0.15, 0.2) is 5.41 Å². The Morgan fingerprint density at radius 3 is 2.93 bits per heavy atom. The van der Waals surface area contributed by atoms with Gasteiger partial charge in [-0.1, -0.05) is 12.1 Å². The molecule has 0 saturated carbocycles. The standard InChI is InChI=1S/C11H10N2O2/c1-2-5-11(8-12,10(14)15)9-4-3-6-13-7-9/h2-4,6-7H,1,5H2,(H,14,15). The Labute approximate surface area is 87.5 Å². The van der Waals surface area contributed by atoms with Crippen LogP contribution in [0.3, 0.4) is 0 Å². The smallest absolute Gasteiger partial charge is 0.329 e. The lowest BCUT2D eigenvalue weighted by molar-refractivity contribution is -0.141. The second-order valence-electron chi connectivity index (χ2n) is 3.06. The average Bonchev–Trinajstić information content (AvgIpc) is 2.26. The number of hydrogen-bond donors (Lipinski definition) is 1. The molecule has 1 N–H and O–H groups in total. The molecular weight excluding hydrogens is 192 g/mol. The monoisotopic (exact) mass is 202 g/mol. The molecule has 0 amide bonds. The predicted octanol–water partition coefficient (Wildman–Crippen LogP) is 1.50. The number of nitriles is 1. The topological polar surface area (TPSA) is 74.0 Å². The molecule has 0 aliphatic rings. The molecule has 0 saturated heterocycles. The zero-order chi connectivity index (χ0) is 11.3. The quantitative estimate of drug-likeness (QED) is 0.751. The molecule has 0 aliphatic heterocycles. The summed E-state index contributed by atoms with van der Waals surface area (Å²) < 4.78 is 0. The number of rotatable bonds is 4. The Bertz CT molecular complexity index is 408. The van der Waals surface area contributed by atoms with Crippen LogP contribution < -0.4 is 0 Å². The lowest BCUT2D eigenvalue weighted by atomic mass is 9.80. The van der Waals surface area contributed by atoms with Crippen LogP contribution in [0.2, 0.25) is 0 Å². The third kappa shape index (κ3) is 1.86. The van der Waals surface area contributed by atoms with Gasteiger partial charge in [0.1, 0.15) is 0 Å². The van der Waals surface area contributed by atoms with Crippen molar-refractivity contribution in [2.24, 2.45) is 0 Å². The van der Waals surface area contributed by atoms with E-state index < -0.39 is 11.4 Å². The number of carboxylic acids is 1.